The number of aromatic nitrogens is 1. The lowest BCUT2D eigenvalue weighted by atomic mass is 10.0. The van der Waals surface area contributed by atoms with Gasteiger partial charge in [0.15, 0.2) is 0 Å². The van der Waals surface area contributed by atoms with Crippen molar-refractivity contribution >= 4 is 17.7 Å². The fourth-order valence-electron chi connectivity index (χ4n) is 3.59. The van der Waals surface area contributed by atoms with Crippen LogP contribution in [0.2, 0.25) is 0 Å². The van der Waals surface area contributed by atoms with Gasteiger partial charge in [0.1, 0.15) is 11.9 Å². The van der Waals surface area contributed by atoms with Crippen LogP contribution in [0, 0.1) is 0 Å². The number of aliphatic carboxylic acids is 1. The minimum Gasteiger partial charge on any atom is -0.480 e. The molecule has 29 heavy (non-hydrogen) atoms. The van der Waals surface area contributed by atoms with Gasteiger partial charge < -0.3 is 20.5 Å². The third-order valence-corrected chi connectivity index (χ3v) is 5.26. The van der Waals surface area contributed by atoms with E-state index in [4.69, 9.17) is 9.72 Å². The number of fused-ring (bicyclic) bond motifs is 1. The molecule has 1 aromatic rings. The minimum atomic E-state index is -0.961. The molecular weight excluding hydrogens is 370 g/mol. The quantitative estimate of drug-likeness (QED) is 0.411. The number of aryl methyl sites for hydroxylation is 2. The molecule has 2 heterocycles. The lowest BCUT2D eigenvalue weighted by molar-refractivity contribution is -0.142. The highest BCUT2D eigenvalue weighted by Gasteiger charge is 2.19. The first-order chi connectivity index (χ1) is 14.1. The molecule has 1 aliphatic rings. The largest absolute Gasteiger partial charge is 0.480 e. The number of methoxy groups -OCH3 is 1. The van der Waals surface area contributed by atoms with E-state index in [0.29, 0.717) is 25.9 Å². The number of carbonyl (C=O) groups is 2. The molecule has 0 saturated carbocycles. The second-order valence-electron chi connectivity index (χ2n) is 7.70. The molecule has 7 heteroatoms. The van der Waals surface area contributed by atoms with E-state index < -0.39 is 12.0 Å². The average Bonchev–Trinajstić information content (AvgIpc) is 2.72. The Balaban J connectivity index is 1.57. The lowest BCUT2D eigenvalue weighted by Crippen LogP contribution is -2.40. The highest BCUT2D eigenvalue weighted by Crippen LogP contribution is 2.20. The van der Waals surface area contributed by atoms with Crippen molar-refractivity contribution < 1.29 is 19.4 Å². The maximum Gasteiger partial charge on any atom is 0.326 e. The van der Waals surface area contributed by atoms with Crippen molar-refractivity contribution in [2.75, 3.05) is 25.6 Å². The van der Waals surface area contributed by atoms with Gasteiger partial charge in [-0.15, -0.1) is 0 Å². The first-order valence-electron chi connectivity index (χ1n) is 10.8. The molecule has 0 aliphatic carbocycles. The van der Waals surface area contributed by atoms with E-state index >= 15 is 0 Å². The van der Waals surface area contributed by atoms with Crippen LogP contribution >= 0.6 is 0 Å². The fraction of sp³-hybridized carbons (Fsp3) is 0.682. The van der Waals surface area contributed by atoms with Gasteiger partial charge in [-0.25, -0.2) is 9.78 Å². The van der Waals surface area contributed by atoms with E-state index in [0.717, 1.165) is 63.0 Å². The standard InChI is InChI=1S/C22H35N3O4/c1-29-16-8-12-20(26)25-19(22(27)28)11-6-4-2-3-5-10-18-14-13-17-9-7-15-23-21(17)24-18/h13-14,19H,2-12,15-16H2,1H3,(H,23,24)(H,25,26)(H,27,28)/t19-/m0/s1. The predicted octanol–water partition coefficient (Wildman–Crippen LogP) is 3.32. The molecule has 3 N–H and O–H groups in total. The molecule has 7 nitrogen and oxygen atoms in total. The maximum absolute atomic E-state index is 11.8. The number of hydrogen-bond acceptors (Lipinski definition) is 5. The Morgan fingerprint density at radius 2 is 2.00 bits per heavy atom. The Bertz CT molecular complexity index is 651. The number of nitrogens with zero attached hydrogens (tertiary/aromatic N) is 1. The summed E-state index contributed by atoms with van der Waals surface area (Å²) in [6.07, 6.45) is 9.67. The third kappa shape index (κ3) is 8.81. The molecule has 162 valence electrons. The molecule has 0 bridgehead atoms. The Kier molecular flexibility index (Phi) is 10.5. The van der Waals surface area contributed by atoms with Crippen LogP contribution in [-0.4, -0.2) is 48.3 Å². The summed E-state index contributed by atoms with van der Waals surface area (Å²) >= 11 is 0. The Morgan fingerprint density at radius 1 is 1.21 bits per heavy atom. The number of hydrogen-bond donors (Lipinski definition) is 3. The van der Waals surface area contributed by atoms with Crippen LogP contribution in [0.5, 0.6) is 0 Å². The van der Waals surface area contributed by atoms with E-state index in [9.17, 15) is 14.7 Å². The number of pyridine rings is 1. The van der Waals surface area contributed by atoms with Gasteiger partial charge in [-0.3, -0.25) is 4.79 Å². The van der Waals surface area contributed by atoms with E-state index in [-0.39, 0.29) is 5.91 Å². The summed E-state index contributed by atoms with van der Waals surface area (Å²) in [6.45, 7) is 1.51. The molecular formula is C22H35N3O4. The highest BCUT2D eigenvalue weighted by atomic mass is 16.5. The number of unbranched alkanes of at least 4 members (excludes halogenated alkanes) is 4. The van der Waals surface area contributed by atoms with Crippen molar-refractivity contribution in [3.8, 4) is 0 Å². The minimum absolute atomic E-state index is 0.221. The summed E-state index contributed by atoms with van der Waals surface area (Å²) in [5.41, 5.74) is 2.46. The molecule has 0 aromatic carbocycles. The van der Waals surface area contributed by atoms with Crippen molar-refractivity contribution in [2.45, 2.75) is 76.7 Å². The SMILES string of the molecule is COCCCC(=O)N[C@@H](CCCCCCCc1ccc2c(n1)NCCC2)C(=O)O. The van der Waals surface area contributed by atoms with Gasteiger partial charge in [-0.05, 0) is 50.2 Å². The first kappa shape index (κ1) is 23.1. The number of carbonyl (C=O) groups excluding carboxylic acids is 1. The molecule has 1 aliphatic heterocycles. The van der Waals surface area contributed by atoms with Crippen LogP contribution in [0.15, 0.2) is 12.1 Å². The number of nitrogens with one attached hydrogen (secondary N) is 2. The van der Waals surface area contributed by atoms with Crippen LogP contribution in [-0.2, 0) is 27.2 Å². The van der Waals surface area contributed by atoms with Gasteiger partial charge in [0.05, 0.1) is 0 Å². The van der Waals surface area contributed by atoms with E-state index in [2.05, 4.69) is 22.8 Å². The highest BCUT2D eigenvalue weighted by molar-refractivity contribution is 5.83. The summed E-state index contributed by atoms with van der Waals surface area (Å²) in [7, 11) is 1.58. The van der Waals surface area contributed by atoms with Crippen LogP contribution < -0.4 is 10.6 Å². The molecule has 1 amide bonds. The van der Waals surface area contributed by atoms with Crippen LogP contribution in [0.1, 0.15) is 69.0 Å². The lowest BCUT2D eigenvalue weighted by Gasteiger charge is -2.17. The molecule has 0 radical (unpaired) electrons. The third-order valence-electron chi connectivity index (χ3n) is 5.26. The molecule has 1 atom stereocenters. The van der Waals surface area contributed by atoms with Crippen molar-refractivity contribution in [1.82, 2.24) is 10.3 Å². The summed E-state index contributed by atoms with van der Waals surface area (Å²) in [6, 6.07) is 3.54. The molecule has 0 unspecified atom stereocenters. The van der Waals surface area contributed by atoms with E-state index in [1.807, 2.05) is 0 Å². The Hall–Kier alpha value is -2.15. The molecule has 0 fully saturated rings. The number of amides is 1. The van der Waals surface area contributed by atoms with E-state index in [1.54, 1.807) is 7.11 Å². The summed E-state index contributed by atoms with van der Waals surface area (Å²) in [5, 5.41) is 15.3. The molecule has 2 rings (SSSR count). The number of ether oxygens (including phenoxy) is 1. The molecule has 0 saturated heterocycles. The van der Waals surface area contributed by atoms with Gasteiger partial charge in [-0.2, -0.15) is 0 Å². The maximum atomic E-state index is 11.8. The van der Waals surface area contributed by atoms with Gasteiger partial charge >= 0.3 is 5.97 Å². The van der Waals surface area contributed by atoms with E-state index in [1.165, 1.54) is 12.0 Å². The van der Waals surface area contributed by atoms with Crippen molar-refractivity contribution in [1.29, 1.82) is 0 Å². The van der Waals surface area contributed by atoms with Crippen molar-refractivity contribution in [3.05, 3.63) is 23.4 Å². The summed E-state index contributed by atoms with van der Waals surface area (Å²) in [5.74, 6) is -0.128. The zero-order chi connectivity index (χ0) is 20.9. The van der Waals surface area contributed by atoms with Gasteiger partial charge in [-0.1, -0.05) is 31.7 Å². The van der Waals surface area contributed by atoms with Crippen molar-refractivity contribution in [3.63, 3.8) is 0 Å². The predicted molar refractivity (Wildman–Crippen MR) is 113 cm³/mol. The zero-order valence-electron chi connectivity index (χ0n) is 17.5. The monoisotopic (exact) mass is 405 g/mol. The normalized spacial score (nSPS) is 14.0. The summed E-state index contributed by atoms with van der Waals surface area (Å²) in [4.78, 5) is 27.8. The van der Waals surface area contributed by atoms with Crippen LogP contribution in [0.4, 0.5) is 5.82 Å². The van der Waals surface area contributed by atoms with Crippen LogP contribution in [0.25, 0.3) is 0 Å². The number of anilines is 1. The average molecular weight is 406 g/mol. The van der Waals surface area contributed by atoms with Gasteiger partial charge in [0, 0.05) is 32.4 Å². The second kappa shape index (κ2) is 13.1. The van der Waals surface area contributed by atoms with Crippen molar-refractivity contribution in [2.24, 2.45) is 0 Å². The van der Waals surface area contributed by atoms with Gasteiger partial charge in [0.2, 0.25) is 5.91 Å². The van der Waals surface area contributed by atoms with Gasteiger partial charge in [0.25, 0.3) is 0 Å². The number of carboxylic acids is 1. The fourth-order valence-corrected chi connectivity index (χ4v) is 3.59. The van der Waals surface area contributed by atoms with Crippen LogP contribution in [0.3, 0.4) is 0 Å². The molecule has 1 aromatic heterocycles. The number of carboxylic acid groups (broad SMARTS) is 1. The first-order valence-corrected chi connectivity index (χ1v) is 10.8. The Morgan fingerprint density at radius 3 is 2.79 bits per heavy atom. The number of rotatable bonds is 14. The smallest absolute Gasteiger partial charge is 0.326 e. The molecule has 0 spiro atoms. The second-order valence-corrected chi connectivity index (χ2v) is 7.70. The Labute approximate surface area is 173 Å². The topological polar surface area (TPSA) is 101 Å². The zero-order valence-corrected chi connectivity index (χ0v) is 17.5. The summed E-state index contributed by atoms with van der Waals surface area (Å²) < 4.78 is 4.91.